The molecule has 0 unspecified atom stereocenters. The Morgan fingerprint density at radius 3 is 2.47 bits per heavy atom. The number of carbonyl (C=O) groups excluding carboxylic acids is 1. The molecule has 6 heteroatoms. The number of nitrogens with one attached hydrogen (secondary N) is 1. The highest BCUT2D eigenvalue weighted by Gasteiger charge is 2.17. The van der Waals surface area contributed by atoms with Gasteiger partial charge in [0.25, 0.3) is 0 Å². The van der Waals surface area contributed by atoms with Crippen molar-refractivity contribution in [1.29, 1.82) is 0 Å². The Hall–Kier alpha value is -4.58. The van der Waals surface area contributed by atoms with Crippen LogP contribution < -0.4 is 10.2 Å². The summed E-state index contributed by atoms with van der Waals surface area (Å²) < 4.78 is 0. The number of pyridine rings is 3. The lowest BCUT2D eigenvalue weighted by molar-refractivity contribution is -0.114. The fraction of sp³-hybridized carbons (Fsp3) is 0.0714. The first-order valence-electron chi connectivity index (χ1n) is 11.0. The minimum Gasteiger partial charge on any atom is -0.325 e. The first-order chi connectivity index (χ1) is 16.6. The van der Waals surface area contributed by atoms with Gasteiger partial charge in [-0.2, -0.15) is 0 Å². The number of anilines is 3. The number of aromatic nitrogens is 3. The van der Waals surface area contributed by atoms with E-state index in [0.717, 1.165) is 44.8 Å². The second-order valence-electron chi connectivity index (χ2n) is 7.99. The van der Waals surface area contributed by atoms with E-state index in [2.05, 4.69) is 51.7 Å². The zero-order chi connectivity index (χ0) is 23.5. The number of fused-ring (bicyclic) bond motifs is 1. The summed E-state index contributed by atoms with van der Waals surface area (Å²) in [7, 11) is 1.97. The number of benzene rings is 2. The van der Waals surface area contributed by atoms with Crippen molar-refractivity contribution in [3.63, 3.8) is 0 Å². The third-order valence-electron chi connectivity index (χ3n) is 5.59. The summed E-state index contributed by atoms with van der Waals surface area (Å²) >= 11 is 0. The maximum atomic E-state index is 11.5. The summed E-state index contributed by atoms with van der Waals surface area (Å²) in [6.45, 7) is 1.48. The second kappa shape index (κ2) is 9.11. The molecule has 1 N–H and O–H groups in total. The Balaban J connectivity index is 1.75. The third kappa shape index (κ3) is 4.21. The van der Waals surface area contributed by atoms with Gasteiger partial charge in [-0.3, -0.25) is 9.78 Å². The van der Waals surface area contributed by atoms with Crippen LogP contribution in [0.2, 0.25) is 0 Å². The topological polar surface area (TPSA) is 71.0 Å². The van der Waals surface area contributed by atoms with Crippen molar-refractivity contribution >= 4 is 34.0 Å². The molecule has 166 valence electrons. The van der Waals surface area contributed by atoms with Crippen molar-refractivity contribution < 1.29 is 4.79 Å². The number of nitrogens with zero attached hydrogens (tertiary/aromatic N) is 4. The summed E-state index contributed by atoms with van der Waals surface area (Å²) in [6.07, 6.45) is 5.16. The number of amides is 1. The molecule has 2 aromatic carbocycles. The van der Waals surface area contributed by atoms with Crippen LogP contribution in [0.5, 0.6) is 0 Å². The van der Waals surface area contributed by atoms with Crippen LogP contribution >= 0.6 is 0 Å². The van der Waals surface area contributed by atoms with Gasteiger partial charge in [-0.05, 0) is 40.8 Å². The average molecular weight is 446 g/mol. The van der Waals surface area contributed by atoms with Crippen LogP contribution in [-0.4, -0.2) is 27.9 Å². The van der Waals surface area contributed by atoms with Crippen molar-refractivity contribution in [2.75, 3.05) is 17.3 Å². The van der Waals surface area contributed by atoms with E-state index >= 15 is 0 Å². The second-order valence-corrected chi connectivity index (χ2v) is 7.99. The number of carbonyl (C=O) groups is 1. The molecule has 0 atom stereocenters. The SMILES string of the molecule is CC(=O)Nc1cncc(-c2cc3cccc(-c4ccccc4)c3c(N(C)c3ccccn3)n2)c1. The van der Waals surface area contributed by atoms with Gasteiger partial charge in [0.1, 0.15) is 11.6 Å². The van der Waals surface area contributed by atoms with Crippen LogP contribution in [0, 0.1) is 0 Å². The molecule has 3 heterocycles. The molecule has 0 radical (unpaired) electrons. The summed E-state index contributed by atoms with van der Waals surface area (Å²) in [5.41, 5.74) is 4.42. The van der Waals surface area contributed by atoms with Crippen LogP contribution in [0.3, 0.4) is 0 Å². The Morgan fingerprint density at radius 1 is 0.882 bits per heavy atom. The van der Waals surface area contributed by atoms with Crippen LogP contribution in [0.4, 0.5) is 17.3 Å². The molecule has 0 aliphatic heterocycles. The van der Waals surface area contributed by atoms with Crippen molar-refractivity contribution in [2.24, 2.45) is 0 Å². The number of rotatable bonds is 5. The lowest BCUT2D eigenvalue weighted by Crippen LogP contribution is -2.14. The quantitative estimate of drug-likeness (QED) is 0.355. The molecule has 3 aromatic heterocycles. The van der Waals surface area contributed by atoms with Gasteiger partial charge < -0.3 is 10.2 Å². The van der Waals surface area contributed by atoms with E-state index in [0.29, 0.717) is 5.69 Å². The van der Waals surface area contributed by atoms with E-state index < -0.39 is 0 Å². The Bertz CT molecular complexity index is 1470. The summed E-state index contributed by atoms with van der Waals surface area (Å²) in [6, 6.07) is 26.3. The van der Waals surface area contributed by atoms with E-state index in [1.54, 1.807) is 18.6 Å². The van der Waals surface area contributed by atoms with Crippen molar-refractivity contribution in [3.05, 3.63) is 97.5 Å². The maximum Gasteiger partial charge on any atom is 0.221 e. The van der Waals surface area contributed by atoms with E-state index in [1.165, 1.54) is 6.92 Å². The van der Waals surface area contributed by atoms with Gasteiger partial charge in [-0.25, -0.2) is 9.97 Å². The van der Waals surface area contributed by atoms with Crippen molar-refractivity contribution in [1.82, 2.24) is 15.0 Å². The van der Waals surface area contributed by atoms with Crippen LogP contribution in [-0.2, 0) is 4.79 Å². The largest absolute Gasteiger partial charge is 0.325 e. The third-order valence-corrected chi connectivity index (χ3v) is 5.59. The molecule has 0 spiro atoms. The summed E-state index contributed by atoms with van der Waals surface area (Å²) in [5.74, 6) is 1.44. The number of hydrogen-bond donors (Lipinski definition) is 1. The normalized spacial score (nSPS) is 10.8. The molecule has 0 aliphatic carbocycles. The van der Waals surface area contributed by atoms with Gasteiger partial charge in [0.15, 0.2) is 0 Å². The van der Waals surface area contributed by atoms with E-state index in [9.17, 15) is 4.79 Å². The molecular formula is C28H23N5O. The molecule has 0 fully saturated rings. The maximum absolute atomic E-state index is 11.5. The predicted molar refractivity (Wildman–Crippen MR) is 137 cm³/mol. The Labute approximate surface area is 198 Å². The molecule has 1 amide bonds. The first kappa shape index (κ1) is 21.3. The average Bonchev–Trinajstić information content (AvgIpc) is 2.88. The molecule has 0 saturated heterocycles. The van der Waals surface area contributed by atoms with Gasteiger partial charge in [0, 0.05) is 37.3 Å². The zero-order valence-electron chi connectivity index (χ0n) is 18.9. The Morgan fingerprint density at radius 2 is 1.71 bits per heavy atom. The van der Waals surface area contributed by atoms with Crippen LogP contribution in [0.1, 0.15) is 6.92 Å². The highest BCUT2D eigenvalue weighted by atomic mass is 16.1. The predicted octanol–water partition coefficient (Wildman–Crippen LogP) is 6.09. The molecular weight excluding hydrogens is 422 g/mol. The Kier molecular flexibility index (Phi) is 5.70. The van der Waals surface area contributed by atoms with Crippen molar-refractivity contribution in [2.45, 2.75) is 6.92 Å². The highest BCUT2D eigenvalue weighted by molar-refractivity contribution is 6.06. The lowest BCUT2D eigenvalue weighted by atomic mass is 9.97. The molecule has 5 rings (SSSR count). The highest BCUT2D eigenvalue weighted by Crippen LogP contribution is 2.38. The lowest BCUT2D eigenvalue weighted by Gasteiger charge is -2.22. The van der Waals surface area contributed by atoms with E-state index in [4.69, 9.17) is 4.98 Å². The zero-order valence-corrected chi connectivity index (χ0v) is 18.9. The minimum absolute atomic E-state index is 0.145. The standard InChI is InChI=1S/C28H23N5O/c1-19(34)31-23-15-22(17-29-18-23)25-16-21-11-8-12-24(20-9-4-3-5-10-20)27(21)28(32-25)33(2)26-13-6-7-14-30-26/h3-18H,1-2H3,(H,31,34). The summed E-state index contributed by atoms with van der Waals surface area (Å²) in [5, 5.41) is 4.88. The fourth-order valence-corrected chi connectivity index (χ4v) is 4.05. The van der Waals surface area contributed by atoms with Gasteiger partial charge in [-0.1, -0.05) is 54.6 Å². The molecule has 6 nitrogen and oxygen atoms in total. The number of hydrogen-bond acceptors (Lipinski definition) is 5. The van der Waals surface area contributed by atoms with Crippen LogP contribution in [0.15, 0.2) is 97.5 Å². The molecule has 0 bridgehead atoms. The van der Waals surface area contributed by atoms with Gasteiger partial charge in [-0.15, -0.1) is 0 Å². The monoisotopic (exact) mass is 445 g/mol. The smallest absolute Gasteiger partial charge is 0.221 e. The van der Waals surface area contributed by atoms with Gasteiger partial charge >= 0.3 is 0 Å². The molecule has 5 aromatic rings. The molecule has 0 aliphatic rings. The van der Waals surface area contributed by atoms with E-state index in [1.807, 2.05) is 54.4 Å². The van der Waals surface area contributed by atoms with Crippen molar-refractivity contribution in [3.8, 4) is 22.4 Å². The fourth-order valence-electron chi connectivity index (χ4n) is 4.05. The molecule has 0 saturated carbocycles. The van der Waals surface area contributed by atoms with Crippen LogP contribution in [0.25, 0.3) is 33.2 Å². The summed E-state index contributed by atoms with van der Waals surface area (Å²) in [4.78, 5) is 27.5. The van der Waals surface area contributed by atoms with Gasteiger partial charge in [0.2, 0.25) is 5.91 Å². The minimum atomic E-state index is -0.145. The molecule has 34 heavy (non-hydrogen) atoms. The van der Waals surface area contributed by atoms with Gasteiger partial charge in [0.05, 0.1) is 17.6 Å². The van der Waals surface area contributed by atoms with E-state index in [-0.39, 0.29) is 5.91 Å². The first-order valence-corrected chi connectivity index (χ1v) is 11.0.